The molecule has 2 rings (SSSR count). The van der Waals surface area contributed by atoms with Crippen LogP contribution in [0.3, 0.4) is 0 Å². The van der Waals surface area contributed by atoms with Crippen LogP contribution in [-0.2, 0) is 14.8 Å². The number of sulfonamides is 1. The largest absolute Gasteiger partial charge is 0.274 e. The van der Waals surface area contributed by atoms with Crippen molar-refractivity contribution in [1.82, 2.24) is 4.72 Å². The van der Waals surface area contributed by atoms with E-state index in [1.165, 1.54) is 19.3 Å². The van der Waals surface area contributed by atoms with Crippen molar-refractivity contribution >= 4 is 15.9 Å². The molecule has 3 atom stereocenters. The summed E-state index contributed by atoms with van der Waals surface area (Å²) in [6, 6.07) is 0. The maximum atomic E-state index is 11.7. The molecule has 0 radical (unpaired) electrons. The lowest BCUT2D eigenvalue weighted by atomic mass is 9.86. The molecule has 2 aliphatic rings. The summed E-state index contributed by atoms with van der Waals surface area (Å²) in [6.45, 7) is 3.15. The van der Waals surface area contributed by atoms with Gasteiger partial charge in [-0.25, -0.2) is 8.42 Å². The molecule has 0 aliphatic heterocycles. The number of hydrogen-bond donors (Lipinski definition) is 1. The molecular formula is C12H21NO3S. The summed E-state index contributed by atoms with van der Waals surface area (Å²) in [4.78, 5) is 11.7. The van der Waals surface area contributed by atoms with Crippen molar-refractivity contribution in [1.29, 1.82) is 0 Å². The van der Waals surface area contributed by atoms with E-state index in [1.54, 1.807) is 13.8 Å². The lowest BCUT2D eigenvalue weighted by Gasteiger charge is -2.21. The minimum absolute atomic E-state index is 0.323. The predicted octanol–water partition coefficient (Wildman–Crippen LogP) is 1.67. The van der Waals surface area contributed by atoms with Gasteiger partial charge in [0.05, 0.1) is 5.25 Å². The Morgan fingerprint density at radius 1 is 1.29 bits per heavy atom. The Kier molecular flexibility index (Phi) is 3.48. The van der Waals surface area contributed by atoms with Crippen molar-refractivity contribution < 1.29 is 13.2 Å². The molecule has 4 nitrogen and oxygen atoms in total. The number of amides is 1. The Morgan fingerprint density at radius 2 is 2.00 bits per heavy atom. The van der Waals surface area contributed by atoms with Crippen LogP contribution in [0.2, 0.25) is 0 Å². The van der Waals surface area contributed by atoms with E-state index in [9.17, 15) is 13.2 Å². The number of rotatable bonds is 4. The van der Waals surface area contributed by atoms with Crippen LogP contribution in [0.4, 0.5) is 0 Å². The zero-order valence-corrected chi connectivity index (χ0v) is 11.3. The fourth-order valence-corrected chi connectivity index (χ4v) is 3.82. The van der Waals surface area contributed by atoms with Gasteiger partial charge in [-0.2, -0.15) is 0 Å². The molecule has 0 heterocycles. The number of carbonyl (C=O) groups excluding carboxylic acids is 1. The molecule has 0 spiro atoms. The molecule has 2 saturated carbocycles. The molecule has 1 amide bonds. The topological polar surface area (TPSA) is 63.2 Å². The molecule has 0 aromatic carbocycles. The molecule has 0 saturated heterocycles. The second kappa shape index (κ2) is 4.59. The summed E-state index contributed by atoms with van der Waals surface area (Å²) in [5, 5.41) is -0.550. The Bertz CT molecular complexity index is 402. The Morgan fingerprint density at radius 3 is 2.47 bits per heavy atom. The monoisotopic (exact) mass is 259 g/mol. The molecule has 3 unspecified atom stereocenters. The van der Waals surface area contributed by atoms with Gasteiger partial charge in [-0.15, -0.1) is 0 Å². The minimum Gasteiger partial charge on any atom is -0.274 e. The Labute approximate surface area is 103 Å². The molecule has 2 bridgehead atoms. The fraction of sp³-hybridized carbons (Fsp3) is 0.917. The zero-order chi connectivity index (χ0) is 12.6. The van der Waals surface area contributed by atoms with Crippen LogP contribution in [0, 0.1) is 17.8 Å². The minimum atomic E-state index is -3.45. The highest BCUT2D eigenvalue weighted by Crippen LogP contribution is 2.49. The smallest absolute Gasteiger partial charge is 0.237 e. The number of nitrogens with one attached hydrogen (secondary N) is 1. The number of fused-ring (bicyclic) bond motifs is 2. The highest BCUT2D eigenvalue weighted by Gasteiger charge is 2.40. The van der Waals surface area contributed by atoms with E-state index in [4.69, 9.17) is 0 Å². The third-order valence-corrected chi connectivity index (χ3v) is 5.96. The van der Waals surface area contributed by atoms with Gasteiger partial charge in [0.25, 0.3) is 0 Å². The van der Waals surface area contributed by atoms with E-state index in [-0.39, 0.29) is 5.91 Å². The van der Waals surface area contributed by atoms with Gasteiger partial charge in [-0.1, -0.05) is 6.42 Å². The van der Waals surface area contributed by atoms with Gasteiger partial charge in [-0.3, -0.25) is 9.52 Å². The van der Waals surface area contributed by atoms with Crippen molar-refractivity contribution in [2.24, 2.45) is 17.8 Å². The first kappa shape index (κ1) is 12.9. The van der Waals surface area contributed by atoms with Crippen molar-refractivity contribution in [3.8, 4) is 0 Å². The van der Waals surface area contributed by atoms with Crippen molar-refractivity contribution in [3.63, 3.8) is 0 Å². The lowest BCUT2D eigenvalue weighted by molar-refractivity contribution is -0.120. The first-order chi connectivity index (χ1) is 7.88. The molecule has 2 aliphatic carbocycles. The first-order valence-electron chi connectivity index (χ1n) is 6.43. The van der Waals surface area contributed by atoms with E-state index >= 15 is 0 Å². The number of hydrogen-bond acceptors (Lipinski definition) is 3. The average Bonchev–Trinajstić information content (AvgIpc) is 2.77. The number of carbonyl (C=O) groups is 1. The van der Waals surface area contributed by atoms with E-state index in [2.05, 4.69) is 4.72 Å². The molecule has 98 valence electrons. The van der Waals surface area contributed by atoms with Gasteiger partial charge in [0, 0.05) is 6.42 Å². The zero-order valence-electron chi connectivity index (χ0n) is 10.5. The molecular weight excluding hydrogens is 238 g/mol. The summed E-state index contributed by atoms with van der Waals surface area (Å²) in [5.41, 5.74) is 0. The maximum absolute atomic E-state index is 11.7. The molecule has 17 heavy (non-hydrogen) atoms. The van der Waals surface area contributed by atoms with Crippen LogP contribution in [0.15, 0.2) is 0 Å². The van der Waals surface area contributed by atoms with E-state index in [0.717, 1.165) is 12.3 Å². The maximum Gasteiger partial charge on any atom is 0.237 e. The Balaban J connectivity index is 1.86. The average molecular weight is 259 g/mol. The molecule has 2 fully saturated rings. The van der Waals surface area contributed by atoms with Gasteiger partial charge < -0.3 is 0 Å². The second-order valence-electron chi connectivity index (χ2n) is 5.76. The van der Waals surface area contributed by atoms with Gasteiger partial charge >= 0.3 is 0 Å². The Hall–Kier alpha value is -0.580. The van der Waals surface area contributed by atoms with Gasteiger partial charge in [0.15, 0.2) is 0 Å². The quantitative estimate of drug-likeness (QED) is 0.835. The molecule has 0 aromatic rings. The standard InChI is InChI=1S/C12H21NO3S/c1-8(2)17(15,16)13-12(14)7-11-6-9-3-4-10(11)5-9/h8-11H,3-7H2,1-2H3,(H,13,14). The summed E-state index contributed by atoms with van der Waals surface area (Å²) >= 11 is 0. The SMILES string of the molecule is CC(C)S(=O)(=O)NC(=O)CC1CC2CCC1C2. The highest BCUT2D eigenvalue weighted by atomic mass is 32.2. The summed E-state index contributed by atoms with van der Waals surface area (Å²) in [7, 11) is -3.45. The molecule has 0 aromatic heterocycles. The third kappa shape index (κ3) is 2.81. The van der Waals surface area contributed by atoms with Crippen LogP contribution >= 0.6 is 0 Å². The summed E-state index contributed by atoms with van der Waals surface area (Å²) < 4.78 is 25.3. The third-order valence-electron chi connectivity index (χ3n) is 4.21. The van der Waals surface area contributed by atoms with Crippen LogP contribution < -0.4 is 4.72 Å². The molecule has 5 heteroatoms. The van der Waals surface area contributed by atoms with Crippen molar-refractivity contribution in [2.75, 3.05) is 0 Å². The van der Waals surface area contributed by atoms with E-state index < -0.39 is 15.3 Å². The van der Waals surface area contributed by atoms with Gasteiger partial charge in [0.1, 0.15) is 0 Å². The summed E-state index contributed by atoms with van der Waals surface area (Å²) in [6.07, 6.45) is 5.26. The van der Waals surface area contributed by atoms with E-state index in [0.29, 0.717) is 18.3 Å². The van der Waals surface area contributed by atoms with Crippen molar-refractivity contribution in [3.05, 3.63) is 0 Å². The highest BCUT2D eigenvalue weighted by molar-refractivity contribution is 7.90. The van der Waals surface area contributed by atoms with Crippen LogP contribution in [0.5, 0.6) is 0 Å². The summed E-state index contributed by atoms with van der Waals surface area (Å²) in [5.74, 6) is 1.54. The second-order valence-corrected chi connectivity index (χ2v) is 8.00. The van der Waals surface area contributed by atoms with Crippen molar-refractivity contribution in [2.45, 2.75) is 51.2 Å². The van der Waals surface area contributed by atoms with Crippen LogP contribution in [0.25, 0.3) is 0 Å². The predicted molar refractivity (Wildman–Crippen MR) is 65.8 cm³/mol. The molecule has 1 N–H and O–H groups in total. The first-order valence-corrected chi connectivity index (χ1v) is 7.97. The lowest BCUT2D eigenvalue weighted by Crippen LogP contribution is -2.37. The van der Waals surface area contributed by atoms with E-state index in [1.807, 2.05) is 0 Å². The normalized spacial score (nSPS) is 32.1. The van der Waals surface area contributed by atoms with Gasteiger partial charge in [0.2, 0.25) is 15.9 Å². The van der Waals surface area contributed by atoms with Gasteiger partial charge in [-0.05, 0) is 50.9 Å². The van der Waals surface area contributed by atoms with Crippen LogP contribution in [-0.4, -0.2) is 19.6 Å². The fourth-order valence-electron chi connectivity index (χ4n) is 3.18. The van der Waals surface area contributed by atoms with Crippen LogP contribution in [0.1, 0.15) is 46.0 Å².